The molecule has 0 atom stereocenters. The lowest BCUT2D eigenvalue weighted by atomic mass is 10.1. The normalized spacial score (nSPS) is 11.0. The van der Waals surface area contributed by atoms with Crippen LogP contribution in [0.4, 0.5) is 5.82 Å². The lowest BCUT2D eigenvalue weighted by Crippen LogP contribution is -2.08. The van der Waals surface area contributed by atoms with E-state index in [1.807, 2.05) is 35.0 Å². The highest BCUT2D eigenvalue weighted by atomic mass is 35.5. The zero-order valence-corrected chi connectivity index (χ0v) is 15.4. The van der Waals surface area contributed by atoms with E-state index < -0.39 is 0 Å². The summed E-state index contributed by atoms with van der Waals surface area (Å²) >= 11 is 6.40. The lowest BCUT2D eigenvalue weighted by molar-refractivity contribution is 0.210. The molecule has 4 heterocycles. The van der Waals surface area contributed by atoms with Gasteiger partial charge in [-0.3, -0.25) is 9.55 Å². The standard InChI is InChI=1S/C19H17ClN6O/c1-27-8-7-22-16-5-4-13(9-23-16)15-11-26(14-3-2-6-21-10-14)19-17(15)18(20)24-12-25-19/h2-6,9-12H,7-8H2,1H3,(H,22,23). The van der Waals surface area contributed by atoms with Crippen LogP contribution in [-0.4, -0.2) is 44.8 Å². The molecule has 0 spiro atoms. The van der Waals surface area contributed by atoms with E-state index >= 15 is 0 Å². The maximum Gasteiger partial charge on any atom is 0.150 e. The van der Waals surface area contributed by atoms with Gasteiger partial charge < -0.3 is 10.1 Å². The monoisotopic (exact) mass is 380 g/mol. The number of nitrogens with one attached hydrogen (secondary N) is 1. The summed E-state index contributed by atoms with van der Waals surface area (Å²) in [5, 5.41) is 4.39. The van der Waals surface area contributed by atoms with Crippen LogP contribution in [0.15, 0.2) is 55.4 Å². The van der Waals surface area contributed by atoms with Gasteiger partial charge in [-0.1, -0.05) is 11.6 Å². The van der Waals surface area contributed by atoms with E-state index in [0.29, 0.717) is 18.3 Å². The molecule has 1 N–H and O–H groups in total. The Morgan fingerprint density at radius 3 is 2.81 bits per heavy atom. The van der Waals surface area contributed by atoms with Crippen molar-refractivity contribution in [2.24, 2.45) is 0 Å². The highest BCUT2D eigenvalue weighted by Gasteiger charge is 2.16. The number of pyridine rings is 2. The molecule has 27 heavy (non-hydrogen) atoms. The Morgan fingerprint density at radius 1 is 1.15 bits per heavy atom. The summed E-state index contributed by atoms with van der Waals surface area (Å²) in [4.78, 5) is 17.2. The van der Waals surface area contributed by atoms with Crippen molar-refractivity contribution in [2.75, 3.05) is 25.6 Å². The third-order valence-corrected chi connectivity index (χ3v) is 4.43. The molecule has 0 radical (unpaired) electrons. The average Bonchev–Trinajstić information content (AvgIpc) is 3.10. The van der Waals surface area contributed by atoms with Gasteiger partial charge in [-0.25, -0.2) is 15.0 Å². The number of nitrogens with zero attached hydrogens (tertiary/aromatic N) is 5. The van der Waals surface area contributed by atoms with Crippen LogP contribution in [0.1, 0.15) is 0 Å². The third-order valence-electron chi connectivity index (χ3n) is 4.15. The molecule has 0 amide bonds. The van der Waals surface area contributed by atoms with Gasteiger partial charge in [0, 0.05) is 43.4 Å². The Labute approximate surface area is 161 Å². The molecule has 0 aliphatic rings. The van der Waals surface area contributed by atoms with Gasteiger partial charge in [-0.05, 0) is 24.3 Å². The fourth-order valence-corrected chi connectivity index (χ4v) is 3.11. The van der Waals surface area contributed by atoms with Gasteiger partial charge in [0.05, 0.1) is 23.9 Å². The Bertz CT molecular complexity index is 1050. The van der Waals surface area contributed by atoms with Crippen molar-refractivity contribution in [3.63, 3.8) is 0 Å². The second kappa shape index (κ2) is 7.69. The van der Waals surface area contributed by atoms with Crippen molar-refractivity contribution in [3.8, 4) is 16.8 Å². The summed E-state index contributed by atoms with van der Waals surface area (Å²) in [5.41, 5.74) is 3.46. The smallest absolute Gasteiger partial charge is 0.150 e. The van der Waals surface area contributed by atoms with E-state index in [0.717, 1.165) is 33.7 Å². The average molecular weight is 381 g/mol. The summed E-state index contributed by atoms with van der Waals surface area (Å²) in [6, 6.07) is 7.77. The lowest BCUT2D eigenvalue weighted by Gasteiger charge is -2.05. The van der Waals surface area contributed by atoms with Gasteiger partial charge in [-0.15, -0.1) is 0 Å². The third kappa shape index (κ3) is 3.47. The maximum atomic E-state index is 6.40. The number of methoxy groups -OCH3 is 1. The molecule has 0 aliphatic carbocycles. The summed E-state index contributed by atoms with van der Waals surface area (Å²) in [6.45, 7) is 1.32. The highest BCUT2D eigenvalue weighted by molar-refractivity contribution is 6.35. The molecule has 0 bridgehead atoms. The zero-order valence-electron chi connectivity index (χ0n) is 14.6. The molecule has 0 saturated heterocycles. The van der Waals surface area contributed by atoms with Gasteiger partial charge in [0.15, 0.2) is 0 Å². The Balaban J connectivity index is 1.78. The van der Waals surface area contributed by atoms with E-state index in [2.05, 4.69) is 25.3 Å². The Morgan fingerprint density at radius 2 is 2.07 bits per heavy atom. The van der Waals surface area contributed by atoms with Crippen LogP contribution in [-0.2, 0) is 4.74 Å². The van der Waals surface area contributed by atoms with Gasteiger partial charge in [0.25, 0.3) is 0 Å². The van der Waals surface area contributed by atoms with Crippen LogP contribution < -0.4 is 5.32 Å². The molecule has 7 nitrogen and oxygen atoms in total. The number of rotatable bonds is 6. The molecule has 0 unspecified atom stereocenters. The number of fused-ring (bicyclic) bond motifs is 1. The summed E-state index contributed by atoms with van der Waals surface area (Å²) in [5.74, 6) is 0.786. The number of aromatic nitrogens is 5. The van der Waals surface area contributed by atoms with Crippen LogP contribution in [0.25, 0.3) is 27.8 Å². The SMILES string of the molecule is COCCNc1ccc(-c2cn(-c3cccnc3)c3ncnc(Cl)c23)cn1. The summed E-state index contributed by atoms with van der Waals surface area (Å²) in [6.07, 6.45) is 8.76. The number of hydrogen-bond donors (Lipinski definition) is 1. The molecule has 4 aromatic heterocycles. The minimum absolute atomic E-state index is 0.403. The van der Waals surface area contributed by atoms with E-state index in [1.165, 1.54) is 6.33 Å². The highest BCUT2D eigenvalue weighted by Crippen LogP contribution is 2.34. The molecule has 4 rings (SSSR count). The second-order valence-electron chi connectivity index (χ2n) is 5.84. The van der Waals surface area contributed by atoms with Crippen molar-refractivity contribution in [2.45, 2.75) is 0 Å². The fraction of sp³-hybridized carbons (Fsp3) is 0.158. The second-order valence-corrected chi connectivity index (χ2v) is 6.20. The van der Waals surface area contributed by atoms with Crippen LogP contribution in [0.2, 0.25) is 5.15 Å². The van der Waals surface area contributed by atoms with Crippen LogP contribution in [0.3, 0.4) is 0 Å². The number of ether oxygens (including phenoxy) is 1. The Kier molecular flexibility index (Phi) is 4.95. The molecule has 136 valence electrons. The van der Waals surface area contributed by atoms with E-state index in [4.69, 9.17) is 16.3 Å². The first kappa shape index (κ1) is 17.4. The van der Waals surface area contributed by atoms with Crippen molar-refractivity contribution in [1.82, 2.24) is 24.5 Å². The van der Waals surface area contributed by atoms with Gasteiger partial charge in [0.2, 0.25) is 0 Å². The summed E-state index contributed by atoms with van der Waals surface area (Å²) in [7, 11) is 1.67. The minimum Gasteiger partial charge on any atom is -0.383 e. The first-order chi connectivity index (χ1) is 13.3. The molecular weight excluding hydrogens is 364 g/mol. The van der Waals surface area contributed by atoms with E-state index in [-0.39, 0.29) is 0 Å². The van der Waals surface area contributed by atoms with Gasteiger partial charge >= 0.3 is 0 Å². The van der Waals surface area contributed by atoms with E-state index in [9.17, 15) is 0 Å². The molecule has 4 aromatic rings. The summed E-state index contributed by atoms with van der Waals surface area (Å²) < 4.78 is 6.99. The predicted octanol–water partition coefficient (Wildman–Crippen LogP) is 3.59. The fourth-order valence-electron chi connectivity index (χ4n) is 2.88. The topological polar surface area (TPSA) is 77.8 Å². The van der Waals surface area contributed by atoms with Crippen molar-refractivity contribution in [1.29, 1.82) is 0 Å². The molecule has 8 heteroatoms. The quantitative estimate of drug-likeness (QED) is 0.407. The molecule has 0 saturated carbocycles. The first-order valence-corrected chi connectivity index (χ1v) is 8.77. The van der Waals surface area contributed by atoms with Crippen molar-refractivity contribution < 1.29 is 4.74 Å². The van der Waals surface area contributed by atoms with E-state index in [1.54, 1.807) is 25.7 Å². The first-order valence-electron chi connectivity index (χ1n) is 8.39. The maximum absolute atomic E-state index is 6.40. The molecule has 0 fully saturated rings. The largest absolute Gasteiger partial charge is 0.383 e. The van der Waals surface area contributed by atoms with Crippen molar-refractivity contribution >= 4 is 28.5 Å². The van der Waals surface area contributed by atoms with Gasteiger partial charge in [0.1, 0.15) is 22.9 Å². The van der Waals surface area contributed by atoms with Crippen molar-refractivity contribution in [3.05, 3.63) is 60.5 Å². The zero-order chi connectivity index (χ0) is 18.6. The van der Waals surface area contributed by atoms with Gasteiger partial charge in [-0.2, -0.15) is 0 Å². The minimum atomic E-state index is 0.403. The van der Waals surface area contributed by atoms with Crippen LogP contribution in [0, 0.1) is 0 Å². The number of anilines is 1. The Hall–Kier alpha value is -3.03. The molecule has 0 aliphatic heterocycles. The van der Waals surface area contributed by atoms with Crippen LogP contribution >= 0.6 is 11.6 Å². The molecular formula is C19H17ClN6O. The van der Waals surface area contributed by atoms with Crippen LogP contribution in [0.5, 0.6) is 0 Å². The molecule has 0 aromatic carbocycles. The number of hydrogen-bond acceptors (Lipinski definition) is 6. The predicted molar refractivity (Wildman–Crippen MR) is 105 cm³/mol. The number of halogens is 1.